The van der Waals surface area contributed by atoms with Crippen molar-refractivity contribution in [2.75, 3.05) is 6.54 Å². The van der Waals surface area contributed by atoms with Gasteiger partial charge in [0.15, 0.2) is 0 Å². The lowest BCUT2D eigenvalue weighted by Crippen LogP contribution is -2.38. The minimum Gasteiger partial charge on any atom is -0.481 e. The summed E-state index contributed by atoms with van der Waals surface area (Å²) < 4.78 is 0. The smallest absolute Gasteiger partial charge is 0.321 e. The number of hydrogen-bond donors (Lipinski definition) is 3. The van der Waals surface area contributed by atoms with E-state index < -0.39 is 18.0 Å². The van der Waals surface area contributed by atoms with E-state index in [1.165, 1.54) is 0 Å². The average Bonchev–Trinajstić information content (AvgIpc) is 2.79. The first-order chi connectivity index (χ1) is 8.09. The van der Waals surface area contributed by atoms with Crippen LogP contribution in [0.15, 0.2) is 0 Å². The number of carbonyl (C=O) groups is 2. The Morgan fingerprint density at radius 1 is 1.24 bits per heavy atom. The molecule has 4 unspecified atom stereocenters. The fraction of sp³-hybridized carbons (Fsp3) is 0.833. The Kier molecular flexibility index (Phi) is 3.66. The minimum atomic E-state index is -0.765. The lowest BCUT2D eigenvalue weighted by molar-refractivity contribution is -0.141. The van der Waals surface area contributed by atoms with E-state index in [0.29, 0.717) is 18.3 Å². The van der Waals surface area contributed by atoms with Crippen LogP contribution in [0.5, 0.6) is 0 Å². The van der Waals surface area contributed by atoms with Crippen LogP contribution < -0.4 is 5.32 Å². The highest BCUT2D eigenvalue weighted by molar-refractivity contribution is 5.74. The molecule has 1 aliphatic carbocycles. The van der Waals surface area contributed by atoms with E-state index in [0.717, 1.165) is 25.8 Å². The molecule has 1 aliphatic heterocycles. The standard InChI is InChI=1S/C12H19NO4/c14-9(15)3-1-2-7-4-5-8-6-13-11(10(7)8)12(16)17/h7-8,10-11,13H,1-6H2,(H,14,15)(H,16,17). The van der Waals surface area contributed by atoms with Crippen LogP contribution in [0.1, 0.15) is 32.1 Å². The molecule has 5 nitrogen and oxygen atoms in total. The number of nitrogens with one attached hydrogen (secondary N) is 1. The van der Waals surface area contributed by atoms with Gasteiger partial charge < -0.3 is 15.5 Å². The summed E-state index contributed by atoms with van der Waals surface area (Å²) in [6.45, 7) is 0.803. The van der Waals surface area contributed by atoms with E-state index in [1.54, 1.807) is 0 Å². The molecular weight excluding hydrogens is 222 g/mol. The third-order valence-electron chi connectivity index (χ3n) is 4.21. The average molecular weight is 241 g/mol. The van der Waals surface area contributed by atoms with E-state index in [1.807, 2.05) is 0 Å². The van der Waals surface area contributed by atoms with Crippen LogP contribution in [0.3, 0.4) is 0 Å². The molecule has 0 aromatic heterocycles. The molecule has 2 aliphatic rings. The maximum atomic E-state index is 11.1. The second-order valence-corrected chi connectivity index (χ2v) is 5.18. The van der Waals surface area contributed by atoms with Gasteiger partial charge in [-0.15, -0.1) is 0 Å². The van der Waals surface area contributed by atoms with Crippen LogP contribution in [0.2, 0.25) is 0 Å². The third kappa shape index (κ3) is 2.60. The van der Waals surface area contributed by atoms with E-state index in [-0.39, 0.29) is 12.3 Å². The molecule has 0 spiro atoms. The SMILES string of the molecule is O=C(O)CCCC1CCC2CNC(C(=O)O)C12. The van der Waals surface area contributed by atoms with Gasteiger partial charge in [0.05, 0.1) is 0 Å². The predicted octanol–water partition coefficient (Wildman–Crippen LogP) is 0.940. The van der Waals surface area contributed by atoms with Crippen LogP contribution >= 0.6 is 0 Å². The van der Waals surface area contributed by atoms with Gasteiger partial charge in [-0.3, -0.25) is 9.59 Å². The lowest BCUT2D eigenvalue weighted by Gasteiger charge is -2.22. The molecule has 0 amide bonds. The number of rotatable bonds is 5. The van der Waals surface area contributed by atoms with Crippen LogP contribution in [0.4, 0.5) is 0 Å². The van der Waals surface area contributed by atoms with Crippen molar-refractivity contribution in [1.29, 1.82) is 0 Å². The molecule has 17 heavy (non-hydrogen) atoms. The van der Waals surface area contributed by atoms with Crippen LogP contribution in [-0.4, -0.2) is 34.7 Å². The topological polar surface area (TPSA) is 86.6 Å². The summed E-state index contributed by atoms with van der Waals surface area (Å²) in [6, 6.07) is -0.419. The lowest BCUT2D eigenvalue weighted by atomic mass is 9.84. The Hall–Kier alpha value is -1.10. The number of hydrogen-bond acceptors (Lipinski definition) is 3. The van der Waals surface area contributed by atoms with Crippen molar-refractivity contribution in [3.05, 3.63) is 0 Å². The summed E-state index contributed by atoms with van der Waals surface area (Å²) in [5.74, 6) is -0.454. The fourth-order valence-corrected chi connectivity index (χ4v) is 3.50. The van der Waals surface area contributed by atoms with Gasteiger partial charge in [-0.25, -0.2) is 0 Å². The molecule has 2 rings (SSSR count). The van der Waals surface area contributed by atoms with Gasteiger partial charge in [0.25, 0.3) is 0 Å². The first kappa shape index (κ1) is 12.4. The summed E-state index contributed by atoms with van der Waals surface area (Å²) in [6.07, 6.45) is 3.84. The van der Waals surface area contributed by atoms with E-state index in [2.05, 4.69) is 5.32 Å². The Labute approximate surface area is 100 Å². The molecule has 3 N–H and O–H groups in total. The first-order valence-electron chi connectivity index (χ1n) is 6.27. The zero-order chi connectivity index (χ0) is 12.4. The molecule has 0 aromatic rings. The van der Waals surface area contributed by atoms with Crippen molar-refractivity contribution < 1.29 is 19.8 Å². The Bertz CT molecular complexity index is 318. The summed E-state index contributed by atoms with van der Waals surface area (Å²) in [5, 5.41) is 20.8. The van der Waals surface area contributed by atoms with Gasteiger partial charge >= 0.3 is 11.9 Å². The predicted molar refractivity (Wildman–Crippen MR) is 60.6 cm³/mol. The molecule has 0 radical (unpaired) electrons. The summed E-state index contributed by atoms with van der Waals surface area (Å²) in [4.78, 5) is 21.6. The summed E-state index contributed by atoms with van der Waals surface area (Å²) in [5.41, 5.74) is 0. The summed E-state index contributed by atoms with van der Waals surface area (Å²) >= 11 is 0. The molecule has 1 saturated carbocycles. The molecule has 1 saturated heterocycles. The van der Waals surface area contributed by atoms with Crippen molar-refractivity contribution in [3.8, 4) is 0 Å². The molecule has 5 heteroatoms. The van der Waals surface area contributed by atoms with Crippen LogP contribution in [0, 0.1) is 17.8 Å². The van der Waals surface area contributed by atoms with Gasteiger partial charge in [0, 0.05) is 6.42 Å². The fourth-order valence-electron chi connectivity index (χ4n) is 3.50. The maximum absolute atomic E-state index is 11.1. The van der Waals surface area contributed by atoms with Crippen molar-refractivity contribution in [1.82, 2.24) is 5.32 Å². The number of carboxylic acids is 2. The van der Waals surface area contributed by atoms with Gasteiger partial charge in [0.2, 0.25) is 0 Å². The normalized spacial score (nSPS) is 35.8. The van der Waals surface area contributed by atoms with Gasteiger partial charge in [-0.1, -0.05) is 0 Å². The minimum absolute atomic E-state index is 0.194. The highest BCUT2D eigenvalue weighted by Crippen LogP contribution is 2.44. The van der Waals surface area contributed by atoms with Crippen LogP contribution in [-0.2, 0) is 9.59 Å². The zero-order valence-corrected chi connectivity index (χ0v) is 9.76. The van der Waals surface area contributed by atoms with Crippen molar-refractivity contribution >= 4 is 11.9 Å². The second kappa shape index (κ2) is 5.04. The van der Waals surface area contributed by atoms with Crippen molar-refractivity contribution in [2.24, 2.45) is 17.8 Å². The van der Waals surface area contributed by atoms with E-state index in [9.17, 15) is 9.59 Å². The van der Waals surface area contributed by atoms with Crippen molar-refractivity contribution in [2.45, 2.75) is 38.1 Å². The molecular formula is C12H19NO4. The van der Waals surface area contributed by atoms with E-state index >= 15 is 0 Å². The number of fused-ring (bicyclic) bond motifs is 1. The third-order valence-corrected chi connectivity index (χ3v) is 4.21. The quantitative estimate of drug-likeness (QED) is 0.667. The highest BCUT2D eigenvalue weighted by atomic mass is 16.4. The second-order valence-electron chi connectivity index (χ2n) is 5.18. The zero-order valence-electron chi connectivity index (χ0n) is 9.76. The highest BCUT2D eigenvalue weighted by Gasteiger charge is 2.47. The van der Waals surface area contributed by atoms with Crippen molar-refractivity contribution in [3.63, 3.8) is 0 Å². The molecule has 4 atom stereocenters. The monoisotopic (exact) mass is 241 g/mol. The number of aliphatic carboxylic acids is 2. The molecule has 96 valence electrons. The molecule has 2 fully saturated rings. The Morgan fingerprint density at radius 2 is 2.00 bits per heavy atom. The maximum Gasteiger partial charge on any atom is 0.321 e. The van der Waals surface area contributed by atoms with Gasteiger partial charge in [-0.05, 0) is 50.0 Å². The van der Waals surface area contributed by atoms with Crippen LogP contribution in [0.25, 0.3) is 0 Å². The van der Waals surface area contributed by atoms with Gasteiger partial charge in [-0.2, -0.15) is 0 Å². The summed E-state index contributed by atoms with van der Waals surface area (Å²) in [7, 11) is 0. The molecule has 0 aromatic carbocycles. The number of carboxylic acid groups (broad SMARTS) is 2. The van der Waals surface area contributed by atoms with E-state index in [4.69, 9.17) is 10.2 Å². The largest absolute Gasteiger partial charge is 0.481 e. The molecule has 0 bridgehead atoms. The first-order valence-corrected chi connectivity index (χ1v) is 6.27. The Morgan fingerprint density at radius 3 is 2.65 bits per heavy atom. The van der Waals surface area contributed by atoms with Gasteiger partial charge in [0.1, 0.15) is 6.04 Å². The Balaban J connectivity index is 1.90. The molecule has 1 heterocycles.